The Balaban J connectivity index is 3.07. The van der Waals surface area contributed by atoms with E-state index in [0.29, 0.717) is 0 Å². The molecule has 0 aliphatic carbocycles. The fraction of sp³-hybridized carbons (Fsp3) is 0.250. The van der Waals surface area contributed by atoms with Crippen LogP contribution < -0.4 is 4.74 Å². The molecule has 0 aliphatic heterocycles. The van der Waals surface area contributed by atoms with Gasteiger partial charge in [0.2, 0.25) is 0 Å². The lowest BCUT2D eigenvalue weighted by Crippen LogP contribution is -1.83. The molecule has 0 aliphatic rings. The van der Waals surface area contributed by atoms with Crippen molar-refractivity contribution in [2.75, 3.05) is 7.11 Å². The van der Waals surface area contributed by atoms with Crippen LogP contribution in [0.3, 0.4) is 0 Å². The smallest absolute Gasteiger partial charge is 0.133 e. The van der Waals surface area contributed by atoms with Gasteiger partial charge in [0.25, 0.3) is 0 Å². The lowest BCUT2D eigenvalue weighted by atomic mass is 10.2. The topological polar surface area (TPSA) is 9.23 Å². The summed E-state index contributed by atoms with van der Waals surface area (Å²) in [6.45, 7) is 2.05. The number of methoxy groups -OCH3 is 1. The Bertz CT molecular complexity index is 233. The third-order valence-corrected chi connectivity index (χ3v) is 1.93. The van der Waals surface area contributed by atoms with E-state index in [4.69, 9.17) is 4.74 Å². The zero-order valence-electron chi connectivity index (χ0n) is 6.02. The first-order chi connectivity index (χ1) is 4.74. The van der Waals surface area contributed by atoms with Gasteiger partial charge >= 0.3 is 0 Å². The van der Waals surface area contributed by atoms with Crippen LogP contribution in [0.15, 0.2) is 22.7 Å². The Morgan fingerprint density at radius 1 is 1.40 bits per heavy atom. The van der Waals surface area contributed by atoms with Gasteiger partial charge in [-0.3, -0.25) is 0 Å². The zero-order valence-corrected chi connectivity index (χ0v) is 7.60. The van der Waals surface area contributed by atoms with E-state index in [9.17, 15) is 0 Å². The summed E-state index contributed by atoms with van der Waals surface area (Å²) in [6, 6.07) is 5.99. The number of ether oxygens (including phenoxy) is 1. The largest absolute Gasteiger partial charge is 0.496 e. The molecule has 0 atom stereocenters. The molecule has 0 heterocycles. The molecule has 0 bridgehead atoms. The van der Waals surface area contributed by atoms with Crippen LogP contribution in [-0.4, -0.2) is 7.11 Å². The van der Waals surface area contributed by atoms with E-state index < -0.39 is 0 Å². The molecule has 1 rings (SSSR count). The standard InChI is InChI=1S/C8H9BrO/c1-6-3-4-8(10-2)7(9)5-6/h3-5H,1-2H3. The van der Waals surface area contributed by atoms with Gasteiger partial charge in [0.15, 0.2) is 0 Å². The first-order valence-corrected chi connectivity index (χ1v) is 3.83. The zero-order chi connectivity index (χ0) is 7.56. The van der Waals surface area contributed by atoms with E-state index in [2.05, 4.69) is 15.9 Å². The molecular formula is C8H9BrO. The maximum Gasteiger partial charge on any atom is 0.133 e. The number of hydrogen-bond acceptors (Lipinski definition) is 1. The van der Waals surface area contributed by atoms with Gasteiger partial charge < -0.3 is 4.74 Å². The van der Waals surface area contributed by atoms with E-state index >= 15 is 0 Å². The molecule has 2 heteroatoms. The summed E-state index contributed by atoms with van der Waals surface area (Å²) < 4.78 is 6.06. The van der Waals surface area contributed by atoms with Gasteiger partial charge in [-0.2, -0.15) is 0 Å². The van der Waals surface area contributed by atoms with Crippen LogP contribution in [0.25, 0.3) is 0 Å². The highest BCUT2D eigenvalue weighted by atomic mass is 79.9. The highest BCUT2D eigenvalue weighted by molar-refractivity contribution is 9.10. The third-order valence-electron chi connectivity index (χ3n) is 1.31. The van der Waals surface area contributed by atoms with Crippen LogP contribution in [-0.2, 0) is 0 Å². The van der Waals surface area contributed by atoms with Crippen molar-refractivity contribution in [1.29, 1.82) is 0 Å². The minimum atomic E-state index is 0.880. The predicted molar refractivity (Wildman–Crippen MR) is 45.4 cm³/mol. The van der Waals surface area contributed by atoms with Crippen molar-refractivity contribution >= 4 is 15.9 Å². The molecule has 10 heavy (non-hydrogen) atoms. The normalized spacial score (nSPS) is 9.50. The van der Waals surface area contributed by atoms with Gasteiger partial charge in [-0.15, -0.1) is 0 Å². The lowest BCUT2D eigenvalue weighted by Gasteiger charge is -2.02. The molecule has 0 aromatic heterocycles. The molecule has 0 saturated carbocycles. The number of halogens is 1. The van der Waals surface area contributed by atoms with E-state index in [-0.39, 0.29) is 0 Å². The third kappa shape index (κ3) is 1.51. The van der Waals surface area contributed by atoms with Crippen molar-refractivity contribution < 1.29 is 4.74 Å². The molecule has 0 fully saturated rings. The second-order valence-electron chi connectivity index (χ2n) is 2.14. The van der Waals surface area contributed by atoms with Crippen LogP contribution in [0.1, 0.15) is 5.56 Å². The second-order valence-corrected chi connectivity index (χ2v) is 2.99. The van der Waals surface area contributed by atoms with Crippen LogP contribution in [0.2, 0.25) is 0 Å². The fourth-order valence-corrected chi connectivity index (χ4v) is 1.43. The Kier molecular flexibility index (Phi) is 2.33. The first-order valence-electron chi connectivity index (χ1n) is 3.04. The number of aryl methyl sites for hydroxylation is 1. The van der Waals surface area contributed by atoms with Gasteiger partial charge in [-0.05, 0) is 40.5 Å². The van der Waals surface area contributed by atoms with Crippen molar-refractivity contribution in [3.63, 3.8) is 0 Å². The van der Waals surface area contributed by atoms with Crippen LogP contribution >= 0.6 is 15.9 Å². The molecule has 0 radical (unpaired) electrons. The minimum Gasteiger partial charge on any atom is -0.496 e. The van der Waals surface area contributed by atoms with E-state index in [0.717, 1.165) is 10.2 Å². The summed E-state index contributed by atoms with van der Waals surface area (Å²) in [4.78, 5) is 0. The van der Waals surface area contributed by atoms with E-state index in [1.54, 1.807) is 7.11 Å². The minimum absolute atomic E-state index is 0.880. The Labute approximate surface area is 69.1 Å². The summed E-state index contributed by atoms with van der Waals surface area (Å²) in [5, 5.41) is 0. The quantitative estimate of drug-likeness (QED) is 0.678. The molecule has 0 amide bonds. The van der Waals surface area contributed by atoms with Gasteiger partial charge in [0.05, 0.1) is 11.6 Å². The Hall–Kier alpha value is -0.500. The first kappa shape index (κ1) is 7.61. The number of benzene rings is 1. The fourth-order valence-electron chi connectivity index (χ4n) is 0.771. The SMILES string of the molecule is COc1ccc(C)cc1Br. The van der Waals surface area contributed by atoms with E-state index in [1.165, 1.54) is 5.56 Å². The molecule has 54 valence electrons. The van der Waals surface area contributed by atoms with Crippen LogP contribution in [0.5, 0.6) is 5.75 Å². The Morgan fingerprint density at radius 2 is 2.10 bits per heavy atom. The summed E-state index contributed by atoms with van der Waals surface area (Å²) in [7, 11) is 1.66. The molecule has 0 unspecified atom stereocenters. The van der Waals surface area contributed by atoms with Crippen molar-refractivity contribution in [3.8, 4) is 5.75 Å². The molecule has 1 nitrogen and oxygen atoms in total. The summed E-state index contributed by atoms with van der Waals surface area (Å²) in [5.41, 5.74) is 1.23. The summed E-state index contributed by atoms with van der Waals surface area (Å²) in [6.07, 6.45) is 0. The summed E-state index contributed by atoms with van der Waals surface area (Å²) in [5.74, 6) is 0.880. The van der Waals surface area contributed by atoms with Crippen molar-refractivity contribution in [2.45, 2.75) is 6.92 Å². The monoisotopic (exact) mass is 200 g/mol. The molecular weight excluding hydrogens is 192 g/mol. The van der Waals surface area contributed by atoms with Crippen LogP contribution in [0.4, 0.5) is 0 Å². The van der Waals surface area contributed by atoms with Crippen molar-refractivity contribution in [2.24, 2.45) is 0 Å². The van der Waals surface area contributed by atoms with Gasteiger partial charge in [-0.25, -0.2) is 0 Å². The molecule has 0 saturated heterocycles. The maximum absolute atomic E-state index is 5.05. The van der Waals surface area contributed by atoms with Gasteiger partial charge in [0.1, 0.15) is 5.75 Å². The summed E-state index contributed by atoms with van der Waals surface area (Å²) >= 11 is 3.38. The second kappa shape index (κ2) is 3.06. The molecule has 0 spiro atoms. The maximum atomic E-state index is 5.05. The number of hydrogen-bond donors (Lipinski definition) is 0. The highest BCUT2D eigenvalue weighted by Gasteiger charge is 1.96. The molecule has 0 N–H and O–H groups in total. The van der Waals surface area contributed by atoms with Gasteiger partial charge in [0, 0.05) is 0 Å². The lowest BCUT2D eigenvalue weighted by molar-refractivity contribution is 0.412. The molecule has 1 aromatic rings. The average Bonchev–Trinajstić information content (AvgIpc) is 1.88. The van der Waals surface area contributed by atoms with E-state index in [1.807, 2.05) is 25.1 Å². The highest BCUT2D eigenvalue weighted by Crippen LogP contribution is 2.24. The predicted octanol–water partition coefficient (Wildman–Crippen LogP) is 2.77. The number of rotatable bonds is 1. The van der Waals surface area contributed by atoms with Crippen molar-refractivity contribution in [3.05, 3.63) is 28.2 Å². The Morgan fingerprint density at radius 3 is 2.60 bits per heavy atom. The van der Waals surface area contributed by atoms with Crippen LogP contribution in [0, 0.1) is 6.92 Å². The average molecular weight is 201 g/mol. The van der Waals surface area contributed by atoms with Crippen molar-refractivity contribution in [1.82, 2.24) is 0 Å². The van der Waals surface area contributed by atoms with Gasteiger partial charge in [-0.1, -0.05) is 6.07 Å². The molecule has 1 aromatic carbocycles.